The molecule has 2 N–H and O–H groups in total. The van der Waals surface area contributed by atoms with Gasteiger partial charge in [0, 0.05) is 5.56 Å². The van der Waals surface area contributed by atoms with Gasteiger partial charge in [0.1, 0.15) is 11.5 Å². The quantitative estimate of drug-likeness (QED) is 0.461. The molecule has 4 aromatic carbocycles. The summed E-state index contributed by atoms with van der Waals surface area (Å²) in [6, 6.07) is 34.4. The van der Waals surface area contributed by atoms with Gasteiger partial charge in [0.15, 0.2) is 0 Å². The molecule has 26 heavy (non-hydrogen) atoms. The first-order valence-electron chi connectivity index (χ1n) is 8.42. The molecule has 4 rings (SSSR count). The van der Waals surface area contributed by atoms with Gasteiger partial charge in [-0.3, -0.25) is 0 Å². The van der Waals surface area contributed by atoms with Gasteiger partial charge in [-0.25, -0.2) is 0 Å². The van der Waals surface area contributed by atoms with Gasteiger partial charge >= 0.3 is 0 Å². The highest BCUT2D eigenvalue weighted by atomic mass is 16.3. The van der Waals surface area contributed by atoms with Crippen molar-refractivity contribution in [3.8, 4) is 33.8 Å². The molecule has 0 bridgehead atoms. The summed E-state index contributed by atoms with van der Waals surface area (Å²) in [5.41, 5.74) is 4.09. The van der Waals surface area contributed by atoms with E-state index in [1.165, 1.54) is 0 Å². The molecule has 0 aliphatic heterocycles. The molecule has 0 unspecified atom stereocenters. The van der Waals surface area contributed by atoms with E-state index in [2.05, 4.69) is 0 Å². The topological polar surface area (TPSA) is 40.5 Å². The van der Waals surface area contributed by atoms with Crippen LogP contribution in [0.1, 0.15) is 0 Å². The van der Waals surface area contributed by atoms with E-state index >= 15 is 0 Å². The lowest BCUT2D eigenvalue weighted by Crippen LogP contribution is -1.76. The number of phenols is 2. The zero-order chi connectivity index (χ0) is 18.2. The van der Waals surface area contributed by atoms with E-state index in [9.17, 15) is 10.2 Å². The monoisotopic (exact) mass is 340 g/mol. The third kappa shape index (κ3) is 4.52. The zero-order valence-corrected chi connectivity index (χ0v) is 14.3. The van der Waals surface area contributed by atoms with Crippen LogP contribution in [0.15, 0.2) is 109 Å². The van der Waals surface area contributed by atoms with Crippen molar-refractivity contribution in [1.82, 2.24) is 0 Å². The first-order valence-corrected chi connectivity index (χ1v) is 8.42. The highest BCUT2D eigenvalue weighted by Gasteiger charge is 2.00. The van der Waals surface area contributed by atoms with Crippen LogP contribution in [0.25, 0.3) is 22.3 Å². The van der Waals surface area contributed by atoms with Crippen molar-refractivity contribution in [2.45, 2.75) is 0 Å². The first kappa shape index (κ1) is 17.3. The summed E-state index contributed by atoms with van der Waals surface area (Å²) in [7, 11) is 0. The van der Waals surface area contributed by atoms with Crippen LogP contribution in [0, 0.1) is 0 Å². The molecule has 0 spiro atoms. The summed E-state index contributed by atoms with van der Waals surface area (Å²) < 4.78 is 0. The lowest BCUT2D eigenvalue weighted by molar-refractivity contribution is 0.475. The van der Waals surface area contributed by atoms with Crippen molar-refractivity contribution in [2.75, 3.05) is 0 Å². The highest BCUT2D eigenvalue weighted by Crippen LogP contribution is 2.27. The lowest BCUT2D eigenvalue weighted by Gasteiger charge is -2.02. The predicted molar refractivity (Wildman–Crippen MR) is 107 cm³/mol. The fourth-order valence-corrected chi connectivity index (χ4v) is 2.65. The van der Waals surface area contributed by atoms with Crippen LogP contribution in [-0.4, -0.2) is 10.2 Å². The van der Waals surface area contributed by atoms with Crippen LogP contribution >= 0.6 is 0 Å². The minimum Gasteiger partial charge on any atom is -0.508 e. The van der Waals surface area contributed by atoms with Crippen LogP contribution in [0.2, 0.25) is 0 Å². The fraction of sp³-hybridized carbons (Fsp3) is 0. The molecule has 0 aliphatic rings. The molecule has 0 aromatic heterocycles. The molecule has 0 fully saturated rings. The fourth-order valence-electron chi connectivity index (χ4n) is 2.65. The number of rotatable bonds is 2. The van der Waals surface area contributed by atoms with Crippen LogP contribution in [0.4, 0.5) is 0 Å². The van der Waals surface area contributed by atoms with E-state index in [0.29, 0.717) is 11.5 Å². The largest absolute Gasteiger partial charge is 0.508 e. The summed E-state index contributed by atoms with van der Waals surface area (Å²) in [4.78, 5) is 0. The molecule has 0 atom stereocenters. The Hall–Kier alpha value is -3.52. The Kier molecular flexibility index (Phi) is 5.69. The Morgan fingerprint density at radius 1 is 0.423 bits per heavy atom. The standard InChI is InChI=1S/2C12H10O/c13-12-9-5-4-8-11(12)10-6-2-1-3-7-10;13-12-8-4-7-11(9-12)10-5-2-1-3-6-10/h2*1-9,13H. The molecule has 4 aromatic rings. The summed E-state index contributed by atoms with van der Waals surface area (Å²) in [5.74, 6) is 0.634. The summed E-state index contributed by atoms with van der Waals surface area (Å²) in [6.45, 7) is 0. The lowest BCUT2D eigenvalue weighted by atomic mass is 10.1. The Bertz CT molecular complexity index is 948. The van der Waals surface area contributed by atoms with Crippen molar-refractivity contribution in [3.05, 3.63) is 109 Å². The third-order valence-corrected chi connectivity index (χ3v) is 3.94. The molecule has 128 valence electrons. The number of benzene rings is 4. The van der Waals surface area contributed by atoms with Gasteiger partial charge in [-0.2, -0.15) is 0 Å². The van der Waals surface area contributed by atoms with E-state index in [1.807, 2.05) is 91.0 Å². The molecule has 0 saturated carbocycles. The molecule has 0 saturated heterocycles. The van der Waals surface area contributed by atoms with Crippen LogP contribution in [0.5, 0.6) is 11.5 Å². The molecule has 0 amide bonds. The number of hydrogen-bond donors (Lipinski definition) is 2. The smallest absolute Gasteiger partial charge is 0.123 e. The van der Waals surface area contributed by atoms with Crippen LogP contribution < -0.4 is 0 Å². The second kappa shape index (κ2) is 8.54. The molecule has 0 heterocycles. The molecule has 0 radical (unpaired) electrons. The number of phenolic OH excluding ortho intramolecular Hbond substituents is 2. The molecular formula is C24H20O2. The van der Waals surface area contributed by atoms with Gasteiger partial charge in [-0.05, 0) is 34.9 Å². The Balaban J connectivity index is 0.000000151. The van der Waals surface area contributed by atoms with E-state index in [1.54, 1.807) is 18.2 Å². The van der Waals surface area contributed by atoms with Crippen molar-refractivity contribution >= 4 is 0 Å². The van der Waals surface area contributed by atoms with E-state index in [-0.39, 0.29) is 0 Å². The zero-order valence-electron chi connectivity index (χ0n) is 14.3. The normalized spacial score (nSPS) is 9.85. The van der Waals surface area contributed by atoms with Crippen LogP contribution in [-0.2, 0) is 0 Å². The second-order valence-corrected chi connectivity index (χ2v) is 5.80. The number of hydrogen-bond acceptors (Lipinski definition) is 2. The molecule has 2 heteroatoms. The average Bonchev–Trinajstić information content (AvgIpc) is 2.70. The van der Waals surface area contributed by atoms with Crippen molar-refractivity contribution in [2.24, 2.45) is 0 Å². The minimum atomic E-state index is 0.307. The summed E-state index contributed by atoms with van der Waals surface area (Å²) in [5, 5.41) is 18.8. The predicted octanol–water partition coefficient (Wildman–Crippen LogP) is 6.12. The molecular weight excluding hydrogens is 320 g/mol. The maximum absolute atomic E-state index is 9.56. The van der Waals surface area contributed by atoms with Crippen molar-refractivity contribution in [3.63, 3.8) is 0 Å². The molecule has 2 nitrogen and oxygen atoms in total. The summed E-state index contributed by atoms with van der Waals surface area (Å²) >= 11 is 0. The highest BCUT2D eigenvalue weighted by molar-refractivity contribution is 5.69. The van der Waals surface area contributed by atoms with Gasteiger partial charge in [0.2, 0.25) is 0 Å². The number of para-hydroxylation sites is 1. The molecule has 0 aliphatic carbocycles. The van der Waals surface area contributed by atoms with Gasteiger partial charge in [-0.1, -0.05) is 91.0 Å². The average molecular weight is 340 g/mol. The Labute approximate surface area is 153 Å². The Morgan fingerprint density at radius 2 is 0.962 bits per heavy atom. The first-order chi connectivity index (χ1) is 12.7. The number of aromatic hydroxyl groups is 2. The minimum absolute atomic E-state index is 0.307. The van der Waals surface area contributed by atoms with Gasteiger partial charge < -0.3 is 10.2 Å². The van der Waals surface area contributed by atoms with Crippen molar-refractivity contribution in [1.29, 1.82) is 0 Å². The van der Waals surface area contributed by atoms with E-state index in [0.717, 1.165) is 22.3 Å². The Morgan fingerprint density at radius 3 is 1.58 bits per heavy atom. The maximum Gasteiger partial charge on any atom is 0.123 e. The van der Waals surface area contributed by atoms with Gasteiger partial charge in [-0.15, -0.1) is 0 Å². The van der Waals surface area contributed by atoms with E-state index < -0.39 is 0 Å². The maximum atomic E-state index is 9.56. The van der Waals surface area contributed by atoms with Crippen LogP contribution in [0.3, 0.4) is 0 Å². The SMILES string of the molecule is Oc1cccc(-c2ccccc2)c1.Oc1ccccc1-c1ccccc1. The van der Waals surface area contributed by atoms with Gasteiger partial charge in [0.05, 0.1) is 0 Å². The van der Waals surface area contributed by atoms with Crippen molar-refractivity contribution < 1.29 is 10.2 Å². The van der Waals surface area contributed by atoms with E-state index in [4.69, 9.17) is 0 Å². The second-order valence-electron chi connectivity index (χ2n) is 5.80. The third-order valence-electron chi connectivity index (χ3n) is 3.94. The van der Waals surface area contributed by atoms with Gasteiger partial charge in [0.25, 0.3) is 0 Å². The summed E-state index contributed by atoms with van der Waals surface area (Å²) in [6.07, 6.45) is 0.